The van der Waals surface area contributed by atoms with Crippen LogP contribution >= 0.6 is 0 Å². The lowest BCUT2D eigenvalue weighted by atomic mass is 9.86. The average Bonchev–Trinajstić information content (AvgIpc) is 2.37. The van der Waals surface area contributed by atoms with E-state index >= 15 is 0 Å². The van der Waals surface area contributed by atoms with Crippen molar-refractivity contribution in [2.75, 3.05) is 13.7 Å². The molecular weight excluding hydrogens is 220 g/mol. The van der Waals surface area contributed by atoms with Crippen LogP contribution < -0.4 is 0 Å². The molecule has 0 aliphatic carbocycles. The van der Waals surface area contributed by atoms with Crippen LogP contribution in [0.5, 0.6) is 0 Å². The van der Waals surface area contributed by atoms with Crippen LogP contribution in [0.3, 0.4) is 0 Å². The molecule has 0 N–H and O–H groups in total. The summed E-state index contributed by atoms with van der Waals surface area (Å²) in [5.41, 5.74) is -0.946. The molecule has 0 aliphatic heterocycles. The van der Waals surface area contributed by atoms with Gasteiger partial charge in [-0.3, -0.25) is 9.59 Å². The van der Waals surface area contributed by atoms with Crippen molar-refractivity contribution in [1.29, 1.82) is 0 Å². The second-order valence-corrected chi connectivity index (χ2v) is 3.69. The third-order valence-corrected chi connectivity index (χ3v) is 2.66. The highest BCUT2D eigenvalue weighted by Crippen LogP contribution is 2.25. The molecule has 96 valence electrons. The molecule has 0 radical (unpaired) electrons. The van der Waals surface area contributed by atoms with Crippen LogP contribution in [0.1, 0.15) is 26.2 Å². The number of ether oxygens (including phenoxy) is 2. The monoisotopic (exact) mass is 240 g/mol. The molecule has 0 rings (SSSR count). The summed E-state index contributed by atoms with van der Waals surface area (Å²) in [6.45, 7) is 8.91. The highest BCUT2D eigenvalue weighted by Gasteiger charge is 2.36. The summed E-state index contributed by atoms with van der Waals surface area (Å²) in [5, 5.41) is 0. The van der Waals surface area contributed by atoms with Gasteiger partial charge in [-0.25, -0.2) is 0 Å². The van der Waals surface area contributed by atoms with E-state index in [1.54, 1.807) is 6.08 Å². The van der Waals surface area contributed by atoms with Crippen molar-refractivity contribution in [2.45, 2.75) is 26.2 Å². The molecule has 0 amide bonds. The second-order valence-electron chi connectivity index (χ2n) is 3.69. The summed E-state index contributed by atoms with van der Waals surface area (Å²) < 4.78 is 9.75. The smallest absolute Gasteiger partial charge is 0.319 e. The van der Waals surface area contributed by atoms with Gasteiger partial charge in [0.2, 0.25) is 0 Å². The van der Waals surface area contributed by atoms with Crippen molar-refractivity contribution in [1.82, 2.24) is 0 Å². The normalized spacial score (nSPS) is 13.3. The highest BCUT2D eigenvalue weighted by atomic mass is 16.5. The Morgan fingerprint density at radius 2 is 2.00 bits per heavy atom. The summed E-state index contributed by atoms with van der Waals surface area (Å²) in [5.74, 6) is -0.792. The second kappa shape index (κ2) is 7.65. The molecule has 0 aromatic rings. The zero-order chi connectivity index (χ0) is 13.3. The van der Waals surface area contributed by atoms with Gasteiger partial charge in [-0.2, -0.15) is 0 Å². The van der Waals surface area contributed by atoms with Crippen molar-refractivity contribution in [2.24, 2.45) is 5.41 Å². The van der Waals surface area contributed by atoms with Gasteiger partial charge < -0.3 is 9.47 Å². The van der Waals surface area contributed by atoms with Crippen molar-refractivity contribution in [3.8, 4) is 0 Å². The molecule has 0 saturated carbocycles. The lowest BCUT2D eigenvalue weighted by Crippen LogP contribution is -2.35. The van der Waals surface area contributed by atoms with Gasteiger partial charge in [0.05, 0.1) is 7.11 Å². The van der Waals surface area contributed by atoms with Crippen LogP contribution in [0.15, 0.2) is 25.3 Å². The first-order valence-electron chi connectivity index (χ1n) is 5.54. The number of rotatable bonds is 8. The standard InChI is InChI=1S/C13H20O4/c1-5-8-9-11(14)17-10-13(6-2,7-3)12(15)16-4/h5-6H,1-2,7-10H2,3-4H3. The minimum Gasteiger partial charge on any atom is -0.468 e. The molecule has 1 unspecified atom stereocenters. The fourth-order valence-electron chi connectivity index (χ4n) is 1.30. The average molecular weight is 240 g/mol. The SMILES string of the molecule is C=CCCC(=O)OCC(C=C)(CC)C(=O)OC. The summed E-state index contributed by atoms with van der Waals surface area (Å²) in [6.07, 6.45) is 4.41. The molecule has 4 heteroatoms. The van der Waals surface area contributed by atoms with E-state index in [0.717, 1.165) is 0 Å². The molecule has 1 atom stereocenters. The van der Waals surface area contributed by atoms with Gasteiger partial charge in [0, 0.05) is 6.42 Å². The number of esters is 2. The van der Waals surface area contributed by atoms with Crippen LogP contribution in [0, 0.1) is 5.41 Å². The van der Waals surface area contributed by atoms with Gasteiger partial charge in [0.25, 0.3) is 0 Å². The Hall–Kier alpha value is -1.58. The molecule has 0 aromatic heterocycles. The Morgan fingerprint density at radius 3 is 2.41 bits per heavy atom. The fourth-order valence-corrected chi connectivity index (χ4v) is 1.30. The quantitative estimate of drug-likeness (QED) is 0.482. The minimum absolute atomic E-state index is 0.0321. The molecule has 17 heavy (non-hydrogen) atoms. The number of hydrogen-bond acceptors (Lipinski definition) is 4. The Kier molecular flexibility index (Phi) is 6.94. The van der Waals surface area contributed by atoms with Gasteiger partial charge in [-0.1, -0.05) is 19.1 Å². The predicted octanol–water partition coefficient (Wildman–Crippen LogP) is 2.25. The number of carbonyl (C=O) groups is 2. The van der Waals surface area contributed by atoms with Gasteiger partial charge >= 0.3 is 11.9 Å². The van der Waals surface area contributed by atoms with E-state index in [4.69, 9.17) is 9.47 Å². The Balaban J connectivity index is 4.46. The van der Waals surface area contributed by atoms with E-state index in [1.165, 1.54) is 13.2 Å². The fraction of sp³-hybridized carbons (Fsp3) is 0.538. The molecule has 0 heterocycles. The third kappa shape index (κ3) is 4.43. The van der Waals surface area contributed by atoms with Gasteiger partial charge in [0.1, 0.15) is 12.0 Å². The summed E-state index contributed by atoms with van der Waals surface area (Å²) in [7, 11) is 1.30. The zero-order valence-electron chi connectivity index (χ0n) is 10.5. The summed E-state index contributed by atoms with van der Waals surface area (Å²) in [6, 6.07) is 0. The lowest BCUT2D eigenvalue weighted by molar-refractivity contribution is -0.158. The predicted molar refractivity (Wildman–Crippen MR) is 65.3 cm³/mol. The lowest BCUT2D eigenvalue weighted by Gasteiger charge is -2.25. The molecular formula is C13H20O4. The van der Waals surface area contributed by atoms with Crippen molar-refractivity contribution in [3.63, 3.8) is 0 Å². The van der Waals surface area contributed by atoms with Crippen LogP contribution in [-0.4, -0.2) is 25.7 Å². The number of carbonyl (C=O) groups excluding carboxylic acids is 2. The van der Waals surface area contributed by atoms with Crippen LogP contribution in [0.2, 0.25) is 0 Å². The van der Waals surface area contributed by atoms with E-state index in [2.05, 4.69) is 13.2 Å². The first-order valence-corrected chi connectivity index (χ1v) is 5.54. The molecule has 4 nitrogen and oxygen atoms in total. The van der Waals surface area contributed by atoms with E-state index in [-0.39, 0.29) is 19.0 Å². The van der Waals surface area contributed by atoms with Gasteiger partial charge in [-0.05, 0) is 12.8 Å². The largest absolute Gasteiger partial charge is 0.468 e. The van der Waals surface area contributed by atoms with E-state index in [9.17, 15) is 9.59 Å². The zero-order valence-corrected chi connectivity index (χ0v) is 10.5. The first-order chi connectivity index (χ1) is 8.06. The third-order valence-electron chi connectivity index (χ3n) is 2.66. The number of methoxy groups -OCH3 is 1. The maximum absolute atomic E-state index is 11.6. The Morgan fingerprint density at radius 1 is 1.35 bits per heavy atom. The molecule has 0 saturated heterocycles. The number of allylic oxidation sites excluding steroid dienone is 1. The van der Waals surface area contributed by atoms with Crippen molar-refractivity contribution >= 4 is 11.9 Å². The van der Waals surface area contributed by atoms with Gasteiger partial charge in [-0.15, -0.1) is 13.2 Å². The van der Waals surface area contributed by atoms with Gasteiger partial charge in [0.15, 0.2) is 0 Å². The molecule has 0 spiro atoms. The molecule has 0 aromatic carbocycles. The van der Waals surface area contributed by atoms with Crippen LogP contribution in [0.4, 0.5) is 0 Å². The molecule has 0 aliphatic rings. The molecule has 0 bridgehead atoms. The van der Waals surface area contributed by atoms with Crippen LogP contribution in [-0.2, 0) is 19.1 Å². The summed E-state index contributed by atoms with van der Waals surface area (Å²) >= 11 is 0. The Labute approximate surface area is 102 Å². The van der Waals surface area contributed by atoms with E-state index in [1.807, 2.05) is 6.92 Å². The minimum atomic E-state index is -0.946. The highest BCUT2D eigenvalue weighted by molar-refractivity contribution is 5.79. The molecule has 0 fully saturated rings. The van der Waals surface area contributed by atoms with E-state index < -0.39 is 11.4 Å². The van der Waals surface area contributed by atoms with E-state index in [0.29, 0.717) is 12.8 Å². The first kappa shape index (κ1) is 15.4. The number of hydrogen-bond donors (Lipinski definition) is 0. The topological polar surface area (TPSA) is 52.6 Å². The Bertz CT molecular complexity index is 296. The summed E-state index contributed by atoms with van der Waals surface area (Å²) in [4.78, 5) is 23.0. The van der Waals surface area contributed by atoms with Crippen molar-refractivity contribution < 1.29 is 19.1 Å². The maximum atomic E-state index is 11.6. The maximum Gasteiger partial charge on any atom is 0.319 e. The van der Waals surface area contributed by atoms with Crippen LogP contribution in [0.25, 0.3) is 0 Å². The van der Waals surface area contributed by atoms with Crippen molar-refractivity contribution in [3.05, 3.63) is 25.3 Å².